The predicted molar refractivity (Wildman–Crippen MR) is 261 cm³/mol. The lowest BCUT2D eigenvalue weighted by molar-refractivity contribution is -0.150. The molecule has 3 aromatic carbocycles. The lowest BCUT2D eigenvalue weighted by atomic mass is 10.0. The summed E-state index contributed by atoms with van der Waals surface area (Å²) in [5.74, 6) is -6.79. The van der Waals surface area contributed by atoms with E-state index in [0.717, 1.165) is 0 Å². The molecule has 0 spiro atoms. The highest BCUT2D eigenvalue weighted by molar-refractivity contribution is 5.99. The van der Waals surface area contributed by atoms with Crippen molar-refractivity contribution in [2.24, 2.45) is 22.2 Å². The van der Waals surface area contributed by atoms with Crippen LogP contribution >= 0.6 is 0 Å². The summed E-state index contributed by atoms with van der Waals surface area (Å²) in [7, 11) is 0. The molecule has 0 radical (unpaired) electrons. The Labute approximate surface area is 412 Å². The lowest BCUT2D eigenvalue weighted by Gasteiger charge is -2.35. The first kappa shape index (κ1) is 52.5. The Hall–Kier alpha value is -7.84. The summed E-state index contributed by atoms with van der Waals surface area (Å²) in [4.78, 5) is 136. The van der Waals surface area contributed by atoms with E-state index in [1.165, 1.54) is 21.6 Å². The maximum absolute atomic E-state index is 14.7. The number of primary amides is 1. The van der Waals surface area contributed by atoms with Gasteiger partial charge in [0.2, 0.25) is 53.2 Å². The average Bonchev–Trinajstić information content (AvgIpc) is 4.05. The minimum atomic E-state index is -1.63. The summed E-state index contributed by atoms with van der Waals surface area (Å²) in [6.45, 7) is 1.32. The molecule has 0 unspecified atom stereocenters. The molecule has 7 atom stereocenters. The molecule has 3 saturated heterocycles. The van der Waals surface area contributed by atoms with Crippen molar-refractivity contribution in [2.45, 2.75) is 107 Å². The van der Waals surface area contributed by atoms with Gasteiger partial charge in [0.15, 0.2) is 5.96 Å². The van der Waals surface area contributed by atoms with Gasteiger partial charge in [0.05, 0.1) is 13.0 Å². The largest absolute Gasteiger partial charge is 0.370 e. The van der Waals surface area contributed by atoms with Crippen molar-refractivity contribution in [3.63, 3.8) is 0 Å². The van der Waals surface area contributed by atoms with Crippen LogP contribution < -0.4 is 43.8 Å². The monoisotopic (exact) mass is 976 g/mol. The first-order chi connectivity index (χ1) is 34.1. The molecule has 3 heterocycles. The molecule has 0 bridgehead atoms. The standard InChI is InChI=1S/C50H64N12O9/c1-31-43(65)59-38(28-34-18-9-4-10-19-34)47(69)61-24-12-21-40(61)49(71)62-25-11-20-39(62)48(70)60(23-13-22-54-50(52)53)30-42(64)56-35(26-32-14-5-2-6-15-32)45(67)57-36(27-33-16-7-3-8-17-33)46(68)58-37(29-41(51)63)44(66)55-31/h2-10,14-19,31,35-40H,11-13,20-30H2,1H3,(H2,51,63)(H,55,66)(H,56,64)(H,57,67)(H,58,68)(H,59,65)(H4,52,53,54)/t31-,35-,36-,37-,38-,39-,40+/m0/s1. The van der Waals surface area contributed by atoms with Gasteiger partial charge in [0.25, 0.3) is 0 Å². The average molecular weight is 977 g/mol. The molecule has 21 nitrogen and oxygen atoms in total. The Morgan fingerprint density at radius 1 is 0.563 bits per heavy atom. The van der Waals surface area contributed by atoms with Crippen molar-refractivity contribution in [3.05, 3.63) is 108 Å². The first-order valence-corrected chi connectivity index (χ1v) is 23.9. The molecule has 3 fully saturated rings. The summed E-state index contributed by atoms with van der Waals surface area (Å²) in [5.41, 5.74) is 18.7. The van der Waals surface area contributed by atoms with Gasteiger partial charge in [-0.2, -0.15) is 0 Å². The fourth-order valence-corrected chi connectivity index (χ4v) is 9.13. The summed E-state index contributed by atoms with van der Waals surface area (Å²) in [6.07, 6.45) is 0.900. The maximum atomic E-state index is 14.7. The van der Waals surface area contributed by atoms with Crippen LogP contribution in [0.1, 0.15) is 62.1 Å². The van der Waals surface area contributed by atoms with Crippen molar-refractivity contribution in [3.8, 4) is 0 Å². The van der Waals surface area contributed by atoms with Crippen molar-refractivity contribution in [1.82, 2.24) is 41.3 Å². The fourth-order valence-electron chi connectivity index (χ4n) is 9.13. The molecule has 9 amide bonds. The molecule has 21 heteroatoms. The predicted octanol–water partition coefficient (Wildman–Crippen LogP) is -1.48. The zero-order valence-corrected chi connectivity index (χ0v) is 39.8. The lowest BCUT2D eigenvalue weighted by Crippen LogP contribution is -2.61. The molecule has 11 N–H and O–H groups in total. The van der Waals surface area contributed by atoms with Crippen LogP contribution in [0.3, 0.4) is 0 Å². The summed E-state index contributed by atoms with van der Waals surface area (Å²) in [6, 6.07) is 17.5. The molecule has 3 aliphatic rings. The second-order valence-corrected chi connectivity index (χ2v) is 18.1. The van der Waals surface area contributed by atoms with Gasteiger partial charge in [-0.05, 0) is 55.7 Å². The molecule has 71 heavy (non-hydrogen) atoms. The van der Waals surface area contributed by atoms with Gasteiger partial charge in [0, 0.05) is 45.4 Å². The smallest absolute Gasteiger partial charge is 0.246 e. The van der Waals surface area contributed by atoms with E-state index < -0.39 is 108 Å². The van der Waals surface area contributed by atoms with Crippen molar-refractivity contribution >= 4 is 59.1 Å². The Morgan fingerprint density at radius 3 is 1.54 bits per heavy atom. The minimum absolute atomic E-state index is 0.0101. The fraction of sp³-hybridized carbons (Fsp3) is 0.440. The van der Waals surface area contributed by atoms with E-state index in [1.54, 1.807) is 91.0 Å². The highest BCUT2D eigenvalue weighted by atomic mass is 16.2. The van der Waals surface area contributed by atoms with E-state index in [9.17, 15) is 43.2 Å². The van der Waals surface area contributed by atoms with Crippen LogP contribution in [0.2, 0.25) is 0 Å². The van der Waals surface area contributed by atoms with E-state index in [2.05, 4.69) is 31.6 Å². The maximum Gasteiger partial charge on any atom is 0.246 e. The third-order valence-electron chi connectivity index (χ3n) is 12.7. The number of hydrogen-bond acceptors (Lipinski definition) is 10. The van der Waals surface area contributed by atoms with Crippen LogP contribution in [0.5, 0.6) is 0 Å². The number of rotatable bonds is 12. The van der Waals surface area contributed by atoms with Gasteiger partial charge < -0.3 is 58.5 Å². The molecule has 0 aliphatic carbocycles. The number of hydrogen-bond donors (Lipinski definition) is 8. The normalized spacial score (nSPS) is 24.4. The number of guanidine groups is 1. The molecule has 3 aromatic rings. The first-order valence-electron chi connectivity index (χ1n) is 23.9. The number of amides is 9. The van der Waals surface area contributed by atoms with Gasteiger partial charge in [-0.25, -0.2) is 0 Å². The molecule has 0 saturated carbocycles. The van der Waals surface area contributed by atoms with Crippen LogP contribution in [0.25, 0.3) is 0 Å². The molecule has 3 aliphatic heterocycles. The van der Waals surface area contributed by atoms with E-state index in [1.807, 2.05) is 0 Å². The number of nitrogens with zero attached hydrogens (tertiary/aromatic N) is 4. The van der Waals surface area contributed by atoms with Crippen LogP contribution in [-0.4, -0.2) is 149 Å². The molecular weight excluding hydrogens is 913 g/mol. The molecular formula is C50H64N12O9. The van der Waals surface area contributed by atoms with Gasteiger partial charge >= 0.3 is 0 Å². The van der Waals surface area contributed by atoms with E-state index in [4.69, 9.17) is 17.2 Å². The van der Waals surface area contributed by atoms with Crippen molar-refractivity contribution < 1.29 is 43.2 Å². The number of nitrogens with two attached hydrogens (primary N) is 3. The van der Waals surface area contributed by atoms with Gasteiger partial charge in [-0.15, -0.1) is 0 Å². The van der Waals surface area contributed by atoms with E-state index in [0.29, 0.717) is 29.5 Å². The SMILES string of the molecule is C[C@@H]1NC(=O)[C@H](CC(N)=O)NC(=O)[C@H](Cc2ccccc2)NC(=O)[C@H](Cc2ccccc2)NC(=O)CN(CCCN=C(N)N)C(=O)[C@@H]2CCCN2C(=O)[C@H]2CCCN2C(=O)[C@H](Cc2ccccc2)NC1=O. The summed E-state index contributed by atoms with van der Waals surface area (Å²) >= 11 is 0. The number of aliphatic imine (C=N–C) groups is 1. The van der Waals surface area contributed by atoms with Crippen LogP contribution in [0, 0.1) is 0 Å². The number of carbonyl (C=O) groups is 9. The molecule has 0 aromatic heterocycles. The number of benzene rings is 3. The highest BCUT2D eigenvalue weighted by Crippen LogP contribution is 2.27. The Morgan fingerprint density at radius 2 is 1.01 bits per heavy atom. The number of nitrogens with one attached hydrogen (secondary N) is 5. The van der Waals surface area contributed by atoms with Gasteiger partial charge in [-0.3, -0.25) is 48.1 Å². The van der Waals surface area contributed by atoms with Crippen LogP contribution in [-0.2, 0) is 62.4 Å². The van der Waals surface area contributed by atoms with E-state index in [-0.39, 0.29) is 70.7 Å². The minimum Gasteiger partial charge on any atom is -0.370 e. The van der Waals surface area contributed by atoms with Gasteiger partial charge in [0.1, 0.15) is 42.3 Å². The number of carbonyl (C=O) groups excluding carboxylic acids is 9. The Balaban J connectivity index is 1.39. The third-order valence-corrected chi connectivity index (χ3v) is 12.7. The summed E-state index contributed by atoms with van der Waals surface area (Å²) < 4.78 is 0. The topological polar surface area (TPSA) is 314 Å². The van der Waals surface area contributed by atoms with Gasteiger partial charge in [-0.1, -0.05) is 91.0 Å². The number of fused-ring (bicyclic) bond motifs is 2. The molecule has 378 valence electrons. The zero-order valence-electron chi connectivity index (χ0n) is 39.8. The Kier molecular flexibility index (Phi) is 18.6. The van der Waals surface area contributed by atoms with Crippen molar-refractivity contribution in [1.29, 1.82) is 0 Å². The Bertz CT molecular complexity index is 2420. The third kappa shape index (κ3) is 14.8. The highest BCUT2D eigenvalue weighted by Gasteiger charge is 2.45. The second kappa shape index (κ2) is 25.1. The quantitative estimate of drug-likeness (QED) is 0.0588. The van der Waals surface area contributed by atoms with Crippen LogP contribution in [0.15, 0.2) is 96.0 Å². The van der Waals surface area contributed by atoms with Crippen LogP contribution in [0.4, 0.5) is 0 Å². The summed E-state index contributed by atoms with van der Waals surface area (Å²) in [5, 5.41) is 13.3. The van der Waals surface area contributed by atoms with Crippen molar-refractivity contribution in [2.75, 3.05) is 32.7 Å². The van der Waals surface area contributed by atoms with E-state index >= 15 is 0 Å². The second-order valence-electron chi connectivity index (χ2n) is 18.1. The zero-order chi connectivity index (χ0) is 51.0. The molecule has 6 rings (SSSR count).